The number of hydrogen-bond acceptors (Lipinski definition) is 2. The molecule has 0 radical (unpaired) electrons. The average molecular weight is 335 g/mol. The second-order valence-electron chi connectivity index (χ2n) is 6.09. The van der Waals surface area contributed by atoms with Gasteiger partial charge in [-0.25, -0.2) is 0 Å². The Balaban J connectivity index is 1.84. The average Bonchev–Trinajstić information content (AvgIpc) is 2.61. The van der Waals surface area contributed by atoms with E-state index in [1.54, 1.807) is 6.07 Å². The van der Waals surface area contributed by atoms with Gasteiger partial charge in [-0.15, -0.1) is 0 Å². The third-order valence-electron chi connectivity index (χ3n) is 4.32. The van der Waals surface area contributed by atoms with E-state index >= 15 is 0 Å². The number of rotatable bonds is 4. The summed E-state index contributed by atoms with van der Waals surface area (Å²) in [6.45, 7) is 1.93. The Bertz CT molecular complexity index is 664. The summed E-state index contributed by atoms with van der Waals surface area (Å²) in [5, 5.41) is 3.24. The van der Waals surface area contributed by atoms with Gasteiger partial charge in [-0.2, -0.15) is 13.2 Å². The molecule has 0 amide bonds. The predicted octanol–water partition coefficient (Wildman–Crippen LogP) is 4.75. The summed E-state index contributed by atoms with van der Waals surface area (Å²) in [6, 6.07) is 13.6. The van der Waals surface area contributed by atoms with Crippen molar-refractivity contribution in [2.45, 2.75) is 31.5 Å². The van der Waals surface area contributed by atoms with Gasteiger partial charge in [0.25, 0.3) is 0 Å². The van der Waals surface area contributed by atoms with Gasteiger partial charge in [-0.3, -0.25) is 0 Å². The Morgan fingerprint density at radius 3 is 2.38 bits per heavy atom. The van der Waals surface area contributed by atoms with E-state index in [-0.39, 0.29) is 18.3 Å². The lowest BCUT2D eigenvalue weighted by molar-refractivity contribution is -0.137. The highest BCUT2D eigenvalue weighted by molar-refractivity contribution is 5.38. The van der Waals surface area contributed by atoms with Gasteiger partial charge >= 0.3 is 6.18 Å². The summed E-state index contributed by atoms with van der Waals surface area (Å²) < 4.78 is 45.3. The van der Waals surface area contributed by atoms with Crippen LogP contribution in [0, 0.1) is 0 Å². The first-order chi connectivity index (χ1) is 11.5. The maximum atomic E-state index is 13.2. The fraction of sp³-hybridized carbons (Fsp3) is 0.368. The van der Waals surface area contributed by atoms with Crippen molar-refractivity contribution in [1.82, 2.24) is 5.32 Å². The van der Waals surface area contributed by atoms with Gasteiger partial charge in [0.1, 0.15) is 12.4 Å². The predicted molar refractivity (Wildman–Crippen MR) is 87.1 cm³/mol. The molecule has 1 saturated heterocycles. The third kappa shape index (κ3) is 4.29. The van der Waals surface area contributed by atoms with Crippen LogP contribution >= 0.6 is 0 Å². The van der Waals surface area contributed by atoms with E-state index in [1.807, 2.05) is 30.3 Å². The Hall–Kier alpha value is -2.01. The SMILES string of the molecule is FC(F)(F)c1cc(OCc2ccccc2)cc(C2CCNCC2)c1. The molecule has 2 aromatic carbocycles. The number of nitrogens with one attached hydrogen (secondary N) is 1. The van der Waals surface area contributed by atoms with E-state index < -0.39 is 11.7 Å². The fourth-order valence-electron chi connectivity index (χ4n) is 3.00. The van der Waals surface area contributed by atoms with Crippen LogP contribution in [0.5, 0.6) is 5.75 Å². The van der Waals surface area contributed by atoms with Crippen molar-refractivity contribution in [3.8, 4) is 5.75 Å². The van der Waals surface area contributed by atoms with Crippen LogP contribution in [0.25, 0.3) is 0 Å². The highest BCUT2D eigenvalue weighted by Crippen LogP contribution is 2.36. The molecule has 1 aliphatic rings. The Labute approximate surface area is 139 Å². The van der Waals surface area contributed by atoms with Gasteiger partial charge in [0.2, 0.25) is 0 Å². The normalized spacial score (nSPS) is 16.1. The molecule has 0 aliphatic carbocycles. The Morgan fingerprint density at radius 1 is 1.00 bits per heavy atom. The number of piperidine rings is 1. The zero-order valence-electron chi connectivity index (χ0n) is 13.3. The lowest BCUT2D eigenvalue weighted by atomic mass is 9.89. The highest BCUT2D eigenvalue weighted by atomic mass is 19.4. The molecule has 1 aliphatic heterocycles. The van der Waals surface area contributed by atoms with Gasteiger partial charge in [0.15, 0.2) is 0 Å². The maximum Gasteiger partial charge on any atom is 0.416 e. The number of benzene rings is 2. The summed E-state index contributed by atoms with van der Waals surface area (Å²) in [7, 11) is 0. The molecule has 0 saturated carbocycles. The van der Waals surface area contributed by atoms with Crippen molar-refractivity contribution in [3.05, 3.63) is 65.2 Å². The van der Waals surface area contributed by atoms with E-state index in [9.17, 15) is 13.2 Å². The summed E-state index contributed by atoms with van der Waals surface area (Å²) in [5.74, 6) is 0.426. The minimum atomic E-state index is -4.37. The monoisotopic (exact) mass is 335 g/mol. The molecule has 0 aromatic heterocycles. The molecule has 0 atom stereocenters. The fourth-order valence-corrected chi connectivity index (χ4v) is 3.00. The first kappa shape index (κ1) is 16.8. The first-order valence-corrected chi connectivity index (χ1v) is 8.12. The molecule has 1 N–H and O–H groups in total. The molecule has 3 rings (SSSR count). The largest absolute Gasteiger partial charge is 0.489 e. The van der Waals surface area contributed by atoms with Gasteiger partial charge < -0.3 is 10.1 Å². The molecular formula is C19H20F3NO. The van der Waals surface area contributed by atoms with Crippen molar-refractivity contribution < 1.29 is 17.9 Å². The van der Waals surface area contributed by atoms with Crippen molar-refractivity contribution in [1.29, 1.82) is 0 Å². The molecule has 2 aromatic rings. The molecule has 1 heterocycles. The lowest BCUT2D eigenvalue weighted by Crippen LogP contribution is -2.26. The van der Waals surface area contributed by atoms with Crippen LogP contribution in [0.2, 0.25) is 0 Å². The molecule has 2 nitrogen and oxygen atoms in total. The van der Waals surface area contributed by atoms with Crippen molar-refractivity contribution in [3.63, 3.8) is 0 Å². The summed E-state index contributed by atoms with van der Waals surface area (Å²) in [5.41, 5.74) is 1.01. The van der Waals surface area contributed by atoms with Crippen molar-refractivity contribution in [2.75, 3.05) is 13.1 Å². The molecule has 1 fully saturated rings. The van der Waals surface area contributed by atoms with E-state index in [0.29, 0.717) is 0 Å². The van der Waals surface area contributed by atoms with Crippen molar-refractivity contribution >= 4 is 0 Å². The minimum absolute atomic E-state index is 0.146. The van der Waals surface area contributed by atoms with Crippen LogP contribution in [0.4, 0.5) is 13.2 Å². The van der Waals surface area contributed by atoms with Gasteiger partial charge in [0.05, 0.1) is 5.56 Å². The molecule has 128 valence electrons. The quantitative estimate of drug-likeness (QED) is 0.870. The van der Waals surface area contributed by atoms with Crippen LogP contribution in [-0.4, -0.2) is 13.1 Å². The van der Waals surface area contributed by atoms with E-state index in [4.69, 9.17) is 4.74 Å². The number of alkyl halides is 3. The Kier molecular flexibility index (Phi) is 5.09. The number of ether oxygens (including phenoxy) is 1. The van der Waals surface area contributed by atoms with Crippen molar-refractivity contribution in [2.24, 2.45) is 0 Å². The van der Waals surface area contributed by atoms with Gasteiger partial charge in [-0.1, -0.05) is 30.3 Å². The number of hydrogen-bond donors (Lipinski definition) is 1. The third-order valence-corrected chi connectivity index (χ3v) is 4.32. The standard InChI is InChI=1S/C19H20F3NO/c20-19(21,22)17-10-16(15-6-8-23-9-7-15)11-18(12-17)24-13-14-4-2-1-3-5-14/h1-5,10-12,15,23H,6-9,13H2. The minimum Gasteiger partial charge on any atom is -0.489 e. The van der Waals surface area contributed by atoms with Gasteiger partial charge in [-0.05, 0) is 61.2 Å². The van der Waals surface area contributed by atoms with Crippen LogP contribution in [0.1, 0.15) is 35.4 Å². The van der Waals surface area contributed by atoms with Crippen LogP contribution in [0.15, 0.2) is 48.5 Å². The Morgan fingerprint density at radius 2 is 1.71 bits per heavy atom. The molecule has 0 spiro atoms. The van der Waals surface area contributed by atoms with E-state index in [1.165, 1.54) is 6.07 Å². The summed E-state index contributed by atoms with van der Waals surface area (Å²) in [4.78, 5) is 0. The molecule has 0 unspecified atom stereocenters. The first-order valence-electron chi connectivity index (χ1n) is 8.12. The topological polar surface area (TPSA) is 21.3 Å². The smallest absolute Gasteiger partial charge is 0.416 e. The maximum absolute atomic E-state index is 13.2. The number of halogens is 3. The highest BCUT2D eigenvalue weighted by Gasteiger charge is 2.32. The molecular weight excluding hydrogens is 315 g/mol. The van der Waals surface area contributed by atoms with Crippen LogP contribution in [0.3, 0.4) is 0 Å². The van der Waals surface area contributed by atoms with E-state index in [0.717, 1.165) is 43.1 Å². The zero-order chi connectivity index (χ0) is 17.0. The summed E-state index contributed by atoms with van der Waals surface area (Å²) in [6.07, 6.45) is -2.67. The van der Waals surface area contributed by atoms with Crippen LogP contribution in [-0.2, 0) is 12.8 Å². The second kappa shape index (κ2) is 7.26. The molecule has 5 heteroatoms. The lowest BCUT2D eigenvalue weighted by Gasteiger charge is -2.24. The van der Waals surface area contributed by atoms with Gasteiger partial charge in [0, 0.05) is 0 Å². The molecule has 0 bridgehead atoms. The zero-order valence-corrected chi connectivity index (χ0v) is 13.3. The molecule has 24 heavy (non-hydrogen) atoms. The summed E-state index contributed by atoms with van der Waals surface area (Å²) >= 11 is 0. The van der Waals surface area contributed by atoms with E-state index in [2.05, 4.69) is 5.32 Å². The second-order valence-corrected chi connectivity index (χ2v) is 6.09. The van der Waals surface area contributed by atoms with Crippen LogP contribution < -0.4 is 10.1 Å².